The summed E-state index contributed by atoms with van der Waals surface area (Å²) in [5.41, 5.74) is -2.70. The van der Waals surface area contributed by atoms with Crippen LogP contribution >= 0.6 is 0 Å². The molecule has 2 aromatic rings. The highest BCUT2D eigenvalue weighted by Crippen LogP contribution is 2.45. The third-order valence-electron chi connectivity index (χ3n) is 7.26. The maximum absolute atomic E-state index is 12.9. The molecule has 1 aliphatic carbocycles. The summed E-state index contributed by atoms with van der Waals surface area (Å²) >= 11 is 0. The highest BCUT2D eigenvalue weighted by atomic mass is 19.4. The molecular weight excluding hydrogens is 477 g/mol. The van der Waals surface area contributed by atoms with Crippen LogP contribution in [0.15, 0.2) is 42.6 Å². The van der Waals surface area contributed by atoms with Gasteiger partial charge < -0.3 is 26.2 Å². The van der Waals surface area contributed by atoms with E-state index in [1.54, 1.807) is 6.07 Å². The summed E-state index contributed by atoms with van der Waals surface area (Å²) in [5, 5.41) is 30.0. The van der Waals surface area contributed by atoms with Crippen molar-refractivity contribution < 1.29 is 33.0 Å². The number of pyridine rings is 1. The molecule has 2 heterocycles. The van der Waals surface area contributed by atoms with Gasteiger partial charge in [-0.05, 0) is 74.9 Å². The number of hydrogen-bond donors (Lipinski definition) is 5. The van der Waals surface area contributed by atoms with Gasteiger partial charge in [0.05, 0.1) is 17.6 Å². The molecule has 1 aromatic carbocycles. The van der Waals surface area contributed by atoms with Crippen molar-refractivity contribution in [3.8, 4) is 5.75 Å². The van der Waals surface area contributed by atoms with Crippen molar-refractivity contribution in [1.82, 2.24) is 20.9 Å². The summed E-state index contributed by atoms with van der Waals surface area (Å²) in [6, 6.07) is 7.11. The fourth-order valence-electron chi connectivity index (χ4n) is 5.33. The predicted molar refractivity (Wildman–Crippen MR) is 124 cm³/mol. The molecule has 1 atom stereocenters. The minimum atomic E-state index is -4.57. The summed E-state index contributed by atoms with van der Waals surface area (Å²) in [7, 11) is 0. The van der Waals surface area contributed by atoms with Crippen molar-refractivity contribution in [2.75, 3.05) is 19.6 Å². The lowest BCUT2D eigenvalue weighted by Crippen LogP contribution is -2.58. The lowest BCUT2D eigenvalue weighted by Gasteiger charge is -2.44. The standard InChI is InChI=1S/C25H29F3N4O4/c26-25(27,28)18-4-1-3-16(13-18)22(35)31-14-20(34)32-23(10-12-29-15-23)17-6-8-24(36,9-7-17)21-19(33)5-2-11-30-21/h1-5,11,13,17,29,33,36H,6-10,12,14-15H2,(H,31,35)(H,32,34)/t17?,23-,24?/m0/s1. The maximum Gasteiger partial charge on any atom is 0.416 e. The molecule has 2 amide bonds. The second kappa shape index (κ2) is 10.1. The van der Waals surface area contributed by atoms with Gasteiger partial charge in [0.1, 0.15) is 17.0 Å². The lowest BCUT2D eigenvalue weighted by atomic mass is 9.68. The van der Waals surface area contributed by atoms with Gasteiger partial charge in [-0.1, -0.05) is 6.07 Å². The van der Waals surface area contributed by atoms with E-state index in [0.29, 0.717) is 45.2 Å². The Morgan fingerprint density at radius 2 is 1.89 bits per heavy atom. The Balaban J connectivity index is 1.37. The number of aliphatic hydroxyl groups is 1. The average molecular weight is 507 g/mol. The lowest BCUT2D eigenvalue weighted by molar-refractivity contribution is -0.137. The molecule has 194 valence electrons. The first-order valence-electron chi connectivity index (χ1n) is 11.9. The minimum absolute atomic E-state index is 0.0433. The zero-order valence-corrected chi connectivity index (χ0v) is 19.6. The third kappa shape index (κ3) is 5.46. The number of carbonyl (C=O) groups excluding carboxylic acids is 2. The Hall–Kier alpha value is -3.18. The fourth-order valence-corrected chi connectivity index (χ4v) is 5.33. The molecule has 4 rings (SSSR count). The van der Waals surface area contributed by atoms with E-state index in [1.165, 1.54) is 18.3 Å². The number of alkyl halides is 3. The van der Waals surface area contributed by atoms with E-state index in [2.05, 4.69) is 20.9 Å². The van der Waals surface area contributed by atoms with Crippen LogP contribution in [0.5, 0.6) is 5.75 Å². The molecule has 1 saturated heterocycles. The van der Waals surface area contributed by atoms with Crippen LogP contribution in [0.4, 0.5) is 13.2 Å². The Kier molecular flexibility index (Phi) is 7.24. The van der Waals surface area contributed by atoms with Gasteiger partial charge in [0.2, 0.25) is 5.91 Å². The van der Waals surface area contributed by atoms with Gasteiger partial charge in [-0.3, -0.25) is 14.6 Å². The number of benzene rings is 1. The zero-order chi connectivity index (χ0) is 26.0. The van der Waals surface area contributed by atoms with Crippen molar-refractivity contribution in [1.29, 1.82) is 0 Å². The molecular formula is C25H29F3N4O4. The summed E-state index contributed by atoms with van der Waals surface area (Å²) in [4.78, 5) is 29.3. The minimum Gasteiger partial charge on any atom is -0.506 e. The first kappa shape index (κ1) is 25.9. The van der Waals surface area contributed by atoms with Gasteiger partial charge in [0.15, 0.2) is 0 Å². The first-order valence-corrected chi connectivity index (χ1v) is 11.9. The number of carbonyl (C=O) groups is 2. The predicted octanol–water partition coefficient (Wildman–Crippen LogP) is 2.46. The molecule has 1 aromatic heterocycles. The van der Waals surface area contributed by atoms with Gasteiger partial charge in [-0.2, -0.15) is 13.2 Å². The van der Waals surface area contributed by atoms with Crippen LogP contribution < -0.4 is 16.0 Å². The highest BCUT2D eigenvalue weighted by molar-refractivity contribution is 5.96. The van der Waals surface area contributed by atoms with Crippen LogP contribution in [0, 0.1) is 5.92 Å². The molecule has 36 heavy (non-hydrogen) atoms. The number of nitrogens with zero attached hydrogens (tertiary/aromatic N) is 1. The summed E-state index contributed by atoms with van der Waals surface area (Å²) in [5.74, 6) is -1.22. The van der Waals surface area contributed by atoms with Gasteiger partial charge in [0.25, 0.3) is 5.91 Å². The van der Waals surface area contributed by atoms with Crippen molar-refractivity contribution >= 4 is 11.8 Å². The van der Waals surface area contributed by atoms with Crippen LogP contribution in [-0.2, 0) is 16.6 Å². The molecule has 5 N–H and O–H groups in total. The average Bonchev–Trinajstić information content (AvgIpc) is 3.32. The smallest absolute Gasteiger partial charge is 0.416 e. The molecule has 0 radical (unpaired) electrons. The number of rotatable bonds is 6. The molecule has 8 nitrogen and oxygen atoms in total. The highest BCUT2D eigenvalue weighted by Gasteiger charge is 2.47. The van der Waals surface area contributed by atoms with Crippen LogP contribution in [0.25, 0.3) is 0 Å². The monoisotopic (exact) mass is 506 g/mol. The Labute approximate surface area is 206 Å². The molecule has 0 bridgehead atoms. The van der Waals surface area contributed by atoms with Gasteiger partial charge in [-0.25, -0.2) is 0 Å². The van der Waals surface area contributed by atoms with Gasteiger partial charge in [-0.15, -0.1) is 0 Å². The number of halogens is 3. The Morgan fingerprint density at radius 1 is 1.14 bits per heavy atom. The number of aromatic hydroxyl groups is 1. The number of amides is 2. The SMILES string of the molecule is O=C(CNC(=O)c1cccc(C(F)(F)F)c1)N[C@@]1(C2CCC(O)(c3ncccc3O)CC2)CCNC1. The fraction of sp³-hybridized carbons (Fsp3) is 0.480. The summed E-state index contributed by atoms with van der Waals surface area (Å²) in [6.07, 6.45) is -0.473. The second-order valence-electron chi connectivity index (χ2n) is 9.57. The van der Waals surface area contributed by atoms with Crippen molar-refractivity contribution in [2.24, 2.45) is 5.92 Å². The van der Waals surface area contributed by atoms with E-state index >= 15 is 0 Å². The Morgan fingerprint density at radius 3 is 2.53 bits per heavy atom. The largest absolute Gasteiger partial charge is 0.506 e. The molecule has 2 aliphatic rings. The Bertz CT molecular complexity index is 1110. The first-order chi connectivity index (χ1) is 17.0. The van der Waals surface area contributed by atoms with E-state index in [-0.39, 0.29) is 29.5 Å². The topological polar surface area (TPSA) is 124 Å². The zero-order valence-electron chi connectivity index (χ0n) is 19.6. The van der Waals surface area contributed by atoms with E-state index < -0.39 is 34.7 Å². The van der Waals surface area contributed by atoms with Gasteiger partial charge in [0, 0.05) is 18.3 Å². The van der Waals surface area contributed by atoms with Gasteiger partial charge >= 0.3 is 6.18 Å². The normalized spacial score (nSPS) is 26.4. The van der Waals surface area contributed by atoms with Crippen LogP contribution in [0.1, 0.15) is 53.7 Å². The number of aromatic nitrogens is 1. The van der Waals surface area contributed by atoms with Crippen LogP contribution in [0.2, 0.25) is 0 Å². The number of nitrogens with one attached hydrogen (secondary N) is 3. The van der Waals surface area contributed by atoms with Crippen molar-refractivity contribution in [3.63, 3.8) is 0 Å². The molecule has 11 heteroatoms. The molecule has 1 saturated carbocycles. The molecule has 1 aliphatic heterocycles. The van der Waals surface area contributed by atoms with Crippen LogP contribution in [-0.4, -0.2) is 52.2 Å². The summed E-state index contributed by atoms with van der Waals surface area (Å²) in [6.45, 7) is 0.839. The number of hydrogen-bond acceptors (Lipinski definition) is 6. The van der Waals surface area contributed by atoms with E-state index in [9.17, 15) is 33.0 Å². The molecule has 2 fully saturated rings. The van der Waals surface area contributed by atoms with E-state index in [0.717, 1.165) is 18.2 Å². The molecule has 0 spiro atoms. The van der Waals surface area contributed by atoms with Crippen LogP contribution in [0.3, 0.4) is 0 Å². The quantitative estimate of drug-likeness (QED) is 0.410. The molecule has 0 unspecified atom stereocenters. The summed E-state index contributed by atoms with van der Waals surface area (Å²) < 4.78 is 38.8. The third-order valence-corrected chi connectivity index (χ3v) is 7.26. The van der Waals surface area contributed by atoms with Crippen molar-refractivity contribution in [2.45, 2.75) is 49.4 Å². The van der Waals surface area contributed by atoms with E-state index in [4.69, 9.17) is 0 Å². The second-order valence-corrected chi connectivity index (χ2v) is 9.57. The maximum atomic E-state index is 12.9. The van der Waals surface area contributed by atoms with E-state index in [1.807, 2.05) is 0 Å². The van der Waals surface area contributed by atoms with Crippen molar-refractivity contribution in [3.05, 3.63) is 59.4 Å².